The molecule has 0 aliphatic rings. The maximum absolute atomic E-state index is 12.2. The number of nitrogens with zero attached hydrogens (tertiary/aromatic N) is 3. The number of halogens is 1. The van der Waals surface area contributed by atoms with E-state index >= 15 is 0 Å². The van der Waals surface area contributed by atoms with Crippen molar-refractivity contribution in [3.05, 3.63) is 46.5 Å². The second kappa shape index (κ2) is 5.18. The van der Waals surface area contributed by atoms with E-state index < -0.39 is 0 Å². The molecule has 0 radical (unpaired) electrons. The number of hydrogen-bond donors (Lipinski definition) is 1. The summed E-state index contributed by atoms with van der Waals surface area (Å²) in [5.41, 5.74) is 1.49. The minimum absolute atomic E-state index is 0.0776. The normalized spacial score (nSPS) is 10.4. The number of aryl methyl sites for hydroxylation is 1. The molecule has 18 heavy (non-hydrogen) atoms. The van der Waals surface area contributed by atoms with Gasteiger partial charge in [0, 0.05) is 17.6 Å². The van der Waals surface area contributed by atoms with Crippen molar-refractivity contribution in [2.75, 3.05) is 7.05 Å². The minimum Gasteiger partial charge on any atom is -0.334 e. The van der Waals surface area contributed by atoms with Gasteiger partial charge in [-0.15, -0.1) is 0 Å². The van der Waals surface area contributed by atoms with E-state index in [1.807, 2.05) is 6.92 Å². The van der Waals surface area contributed by atoms with E-state index in [1.54, 1.807) is 30.1 Å². The third-order valence-electron chi connectivity index (χ3n) is 2.60. The predicted molar refractivity (Wildman–Crippen MR) is 68.4 cm³/mol. The number of amides is 1. The van der Waals surface area contributed by atoms with Crippen LogP contribution < -0.4 is 0 Å². The van der Waals surface area contributed by atoms with Gasteiger partial charge < -0.3 is 4.90 Å². The lowest BCUT2D eigenvalue weighted by Gasteiger charge is -2.16. The Hall–Kier alpha value is -1.88. The van der Waals surface area contributed by atoms with E-state index in [-0.39, 0.29) is 5.91 Å². The second-order valence-corrected chi connectivity index (χ2v) is 4.46. The molecule has 0 aliphatic carbocycles. The number of nitrogens with one attached hydrogen (secondary N) is 1. The molecule has 6 heteroatoms. The first-order chi connectivity index (χ1) is 8.58. The molecule has 1 aromatic carbocycles. The maximum Gasteiger partial charge on any atom is 0.254 e. The molecule has 1 N–H and O–H groups in total. The molecular weight excluding hydrogens is 252 g/mol. The van der Waals surface area contributed by atoms with Crippen LogP contribution >= 0.6 is 11.6 Å². The summed E-state index contributed by atoms with van der Waals surface area (Å²) in [6.07, 6.45) is 1.42. The SMILES string of the molecule is Cc1cc(C(=O)N(C)Cc2ncn[nH]2)ccc1Cl. The van der Waals surface area contributed by atoms with Gasteiger partial charge in [-0.2, -0.15) is 5.10 Å². The van der Waals surface area contributed by atoms with Crippen LogP contribution in [0.15, 0.2) is 24.5 Å². The summed E-state index contributed by atoms with van der Waals surface area (Å²) >= 11 is 5.93. The Morgan fingerprint density at radius 2 is 2.28 bits per heavy atom. The number of aromatic nitrogens is 3. The standard InChI is InChI=1S/C12H13ClN4O/c1-8-5-9(3-4-10(8)13)12(18)17(2)6-11-14-7-15-16-11/h3-5,7H,6H2,1-2H3,(H,14,15,16). The predicted octanol–water partition coefficient (Wildman–Crippen LogP) is 2.04. The van der Waals surface area contributed by atoms with Gasteiger partial charge in [-0.3, -0.25) is 9.89 Å². The fourth-order valence-corrected chi connectivity index (χ4v) is 1.72. The van der Waals surface area contributed by atoms with Crippen LogP contribution in [0.2, 0.25) is 5.02 Å². The molecule has 0 saturated carbocycles. The Kier molecular flexibility index (Phi) is 3.62. The Morgan fingerprint density at radius 1 is 1.50 bits per heavy atom. The smallest absolute Gasteiger partial charge is 0.254 e. The van der Waals surface area contributed by atoms with Crippen LogP contribution in [0, 0.1) is 6.92 Å². The summed E-state index contributed by atoms with van der Waals surface area (Å²) in [5, 5.41) is 7.12. The van der Waals surface area contributed by atoms with Gasteiger partial charge in [-0.05, 0) is 30.7 Å². The number of H-pyrrole nitrogens is 1. The second-order valence-electron chi connectivity index (χ2n) is 4.06. The van der Waals surface area contributed by atoms with E-state index in [1.165, 1.54) is 6.33 Å². The first-order valence-corrected chi connectivity index (χ1v) is 5.81. The third-order valence-corrected chi connectivity index (χ3v) is 3.03. The molecule has 0 aliphatic heterocycles. The molecule has 2 aromatic rings. The van der Waals surface area contributed by atoms with Crippen LogP contribution in [0.1, 0.15) is 21.7 Å². The van der Waals surface area contributed by atoms with Gasteiger partial charge in [-0.1, -0.05) is 11.6 Å². The summed E-state index contributed by atoms with van der Waals surface area (Å²) in [6, 6.07) is 5.22. The summed E-state index contributed by atoms with van der Waals surface area (Å²) in [5.74, 6) is 0.572. The monoisotopic (exact) mass is 264 g/mol. The fourth-order valence-electron chi connectivity index (χ4n) is 1.60. The van der Waals surface area contributed by atoms with Gasteiger partial charge in [0.15, 0.2) is 0 Å². The molecule has 1 amide bonds. The van der Waals surface area contributed by atoms with Gasteiger partial charge in [0.1, 0.15) is 12.2 Å². The summed E-state index contributed by atoms with van der Waals surface area (Å²) < 4.78 is 0. The van der Waals surface area contributed by atoms with Crippen molar-refractivity contribution in [1.29, 1.82) is 0 Å². The van der Waals surface area contributed by atoms with E-state index in [9.17, 15) is 4.79 Å². The molecule has 1 heterocycles. The highest BCUT2D eigenvalue weighted by Gasteiger charge is 2.13. The molecule has 1 aromatic heterocycles. The van der Waals surface area contributed by atoms with Gasteiger partial charge >= 0.3 is 0 Å². The van der Waals surface area contributed by atoms with Gasteiger partial charge in [0.05, 0.1) is 6.54 Å². The molecule has 0 spiro atoms. The van der Waals surface area contributed by atoms with E-state index in [4.69, 9.17) is 11.6 Å². The summed E-state index contributed by atoms with van der Waals surface area (Å²) in [6.45, 7) is 2.26. The van der Waals surface area contributed by atoms with Crippen molar-refractivity contribution in [2.45, 2.75) is 13.5 Å². The highest BCUT2D eigenvalue weighted by molar-refractivity contribution is 6.31. The van der Waals surface area contributed by atoms with Crippen LogP contribution in [0.5, 0.6) is 0 Å². The highest BCUT2D eigenvalue weighted by Crippen LogP contribution is 2.17. The number of aromatic amines is 1. The number of carbonyl (C=O) groups is 1. The van der Waals surface area contributed by atoms with Crippen molar-refractivity contribution in [3.8, 4) is 0 Å². The first kappa shape index (κ1) is 12.6. The van der Waals surface area contributed by atoms with E-state index in [2.05, 4.69) is 15.2 Å². The average molecular weight is 265 g/mol. The average Bonchev–Trinajstić information content (AvgIpc) is 2.84. The molecule has 0 atom stereocenters. The summed E-state index contributed by atoms with van der Waals surface area (Å²) in [7, 11) is 1.72. The van der Waals surface area contributed by atoms with Crippen LogP contribution in [-0.4, -0.2) is 33.0 Å². The number of hydrogen-bond acceptors (Lipinski definition) is 3. The molecule has 0 saturated heterocycles. The van der Waals surface area contributed by atoms with E-state index in [0.717, 1.165) is 5.56 Å². The van der Waals surface area contributed by atoms with Crippen LogP contribution in [0.4, 0.5) is 0 Å². The van der Waals surface area contributed by atoms with Crippen molar-refractivity contribution in [1.82, 2.24) is 20.1 Å². The zero-order valence-corrected chi connectivity index (χ0v) is 10.9. The lowest BCUT2D eigenvalue weighted by molar-refractivity contribution is 0.0781. The Morgan fingerprint density at radius 3 is 2.89 bits per heavy atom. The Labute approximate surface area is 110 Å². The topological polar surface area (TPSA) is 61.9 Å². The quantitative estimate of drug-likeness (QED) is 0.923. The van der Waals surface area contributed by atoms with Crippen molar-refractivity contribution in [3.63, 3.8) is 0 Å². The molecule has 5 nitrogen and oxygen atoms in total. The van der Waals surface area contributed by atoms with Crippen molar-refractivity contribution < 1.29 is 4.79 Å². The van der Waals surface area contributed by atoms with Crippen LogP contribution in [0.3, 0.4) is 0 Å². The van der Waals surface area contributed by atoms with Gasteiger partial charge in [0.2, 0.25) is 0 Å². The van der Waals surface area contributed by atoms with E-state index in [0.29, 0.717) is 23.0 Å². The van der Waals surface area contributed by atoms with Crippen molar-refractivity contribution in [2.24, 2.45) is 0 Å². The number of carbonyl (C=O) groups excluding carboxylic acids is 1. The Bertz CT molecular complexity index is 553. The molecule has 0 fully saturated rings. The zero-order chi connectivity index (χ0) is 13.1. The summed E-state index contributed by atoms with van der Waals surface area (Å²) in [4.78, 5) is 17.7. The third kappa shape index (κ3) is 2.68. The lowest BCUT2D eigenvalue weighted by atomic mass is 10.1. The first-order valence-electron chi connectivity index (χ1n) is 5.44. The molecule has 2 rings (SSSR count). The zero-order valence-electron chi connectivity index (χ0n) is 10.1. The molecular formula is C12H13ClN4O. The largest absolute Gasteiger partial charge is 0.334 e. The highest BCUT2D eigenvalue weighted by atomic mass is 35.5. The van der Waals surface area contributed by atoms with Gasteiger partial charge in [0.25, 0.3) is 5.91 Å². The molecule has 0 bridgehead atoms. The molecule has 94 valence electrons. The van der Waals surface area contributed by atoms with Crippen molar-refractivity contribution >= 4 is 17.5 Å². The lowest BCUT2D eigenvalue weighted by Crippen LogP contribution is -2.26. The molecule has 0 unspecified atom stereocenters. The number of rotatable bonds is 3. The minimum atomic E-state index is -0.0776. The number of benzene rings is 1. The van der Waals surface area contributed by atoms with Gasteiger partial charge in [-0.25, -0.2) is 4.98 Å². The van der Waals surface area contributed by atoms with Crippen LogP contribution in [-0.2, 0) is 6.54 Å². The van der Waals surface area contributed by atoms with Crippen LogP contribution in [0.25, 0.3) is 0 Å². The maximum atomic E-state index is 12.2. The fraction of sp³-hybridized carbons (Fsp3) is 0.250. The Balaban J connectivity index is 2.12.